The summed E-state index contributed by atoms with van der Waals surface area (Å²) in [5.74, 6) is 0.221. The monoisotopic (exact) mass is 192 g/mol. The Morgan fingerprint density at radius 1 is 1.64 bits per heavy atom. The van der Waals surface area contributed by atoms with E-state index in [1.807, 2.05) is 0 Å². The van der Waals surface area contributed by atoms with Gasteiger partial charge in [0.25, 0.3) is 0 Å². The second-order valence-electron chi connectivity index (χ2n) is 3.50. The number of ether oxygens (including phenoxy) is 1. The summed E-state index contributed by atoms with van der Waals surface area (Å²) in [6.45, 7) is 0.514. The number of carbonyl (C=O) groups excluding carboxylic acids is 1. The Kier molecular flexibility index (Phi) is 2.35. The first kappa shape index (κ1) is 8.99. The molecule has 1 aromatic rings. The molecule has 0 unspecified atom stereocenters. The third-order valence-corrected chi connectivity index (χ3v) is 2.22. The van der Waals surface area contributed by atoms with E-state index in [1.54, 1.807) is 6.07 Å². The first-order chi connectivity index (χ1) is 6.77. The lowest BCUT2D eigenvalue weighted by molar-refractivity contribution is 0.0487. The van der Waals surface area contributed by atoms with Crippen LogP contribution in [-0.2, 0) is 4.74 Å². The number of anilines is 1. The topological polar surface area (TPSA) is 65.2 Å². The van der Waals surface area contributed by atoms with E-state index in [9.17, 15) is 4.79 Å². The molecule has 4 heteroatoms. The van der Waals surface area contributed by atoms with Crippen LogP contribution in [0.4, 0.5) is 5.69 Å². The number of rotatable bonds is 3. The van der Waals surface area contributed by atoms with Crippen molar-refractivity contribution < 1.29 is 9.53 Å². The largest absolute Gasteiger partial charge is 0.462 e. The Morgan fingerprint density at radius 3 is 3.07 bits per heavy atom. The average Bonchev–Trinajstić information content (AvgIpc) is 2.98. The minimum atomic E-state index is -0.350. The molecule has 1 aliphatic carbocycles. The Labute approximate surface area is 82.1 Å². The molecular weight excluding hydrogens is 180 g/mol. The van der Waals surface area contributed by atoms with E-state index in [2.05, 4.69) is 4.98 Å². The van der Waals surface area contributed by atoms with Gasteiger partial charge in [-0.15, -0.1) is 0 Å². The Bertz CT molecular complexity index is 348. The third kappa shape index (κ3) is 2.02. The fourth-order valence-corrected chi connectivity index (χ4v) is 1.15. The minimum absolute atomic E-state index is 0.350. The molecule has 74 valence electrons. The highest BCUT2D eigenvalue weighted by Crippen LogP contribution is 2.29. The number of hydrogen-bond donors (Lipinski definition) is 1. The number of carbonyl (C=O) groups is 1. The summed E-state index contributed by atoms with van der Waals surface area (Å²) in [5, 5.41) is 0. The van der Waals surface area contributed by atoms with Crippen molar-refractivity contribution in [2.24, 2.45) is 5.92 Å². The summed E-state index contributed by atoms with van der Waals surface area (Å²) in [7, 11) is 0. The molecule has 0 radical (unpaired) electrons. The molecule has 0 amide bonds. The molecule has 1 aromatic heterocycles. The van der Waals surface area contributed by atoms with Gasteiger partial charge in [0, 0.05) is 6.20 Å². The minimum Gasteiger partial charge on any atom is -0.462 e. The zero-order chi connectivity index (χ0) is 9.97. The summed E-state index contributed by atoms with van der Waals surface area (Å²) in [4.78, 5) is 15.3. The van der Waals surface area contributed by atoms with Crippen LogP contribution in [0.25, 0.3) is 0 Å². The maximum atomic E-state index is 11.5. The van der Waals surface area contributed by atoms with Crippen LogP contribution >= 0.6 is 0 Å². The molecule has 0 spiro atoms. The molecule has 2 rings (SSSR count). The van der Waals surface area contributed by atoms with Gasteiger partial charge < -0.3 is 10.5 Å². The second-order valence-corrected chi connectivity index (χ2v) is 3.50. The molecule has 1 saturated carbocycles. The molecule has 0 saturated heterocycles. The van der Waals surface area contributed by atoms with Gasteiger partial charge in [-0.3, -0.25) is 4.98 Å². The SMILES string of the molecule is Nc1cnccc1C(=O)OCC1CC1. The summed E-state index contributed by atoms with van der Waals surface area (Å²) < 4.78 is 5.09. The van der Waals surface area contributed by atoms with Crippen LogP contribution in [-0.4, -0.2) is 17.6 Å². The Morgan fingerprint density at radius 2 is 2.43 bits per heavy atom. The quantitative estimate of drug-likeness (QED) is 0.731. The van der Waals surface area contributed by atoms with E-state index in [1.165, 1.54) is 25.2 Å². The lowest BCUT2D eigenvalue weighted by atomic mass is 10.2. The van der Waals surface area contributed by atoms with E-state index in [4.69, 9.17) is 10.5 Å². The maximum Gasteiger partial charge on any atom is 0.340 e. The van der Waals surface area contributed by atoms with Crippen molar-refractivity contribution in [3.05, 3.63) is 24.0 Å². The first-order valence-corrected chi connectivity index (χ1v) is 4.64. The van der Waals surface area contributed by atoms with Gasteiger partial charge in [0.2, 0.25) is 0 Å². The van der Waals surface area contributed by atoms with Crippen molar-refractivity contribution in [2.45, 2.75) is 12.8 Å². The highest BCUT2D eigenvalue weighted by Gasteiger charge is 2.23. The molecule has 0 aliphatic heterocycles. The highest BCUT2D eigenvalue weighted by atomic mass is 16.5. The zero-order valence-corrected chi connectivity index (χ0v) is 7.77. The van der Waals surface area contributed by atoms with Crippen LogP contribution in [0.5, 0.6) is 0 Å². The number of nitrogens with zero attached hydrogens (tertiary/aromatic N) is 1. The molecule has 4 nitrogen and oxygen atoms in total. The lowest BCUT2D eigenvalue weighted by Crippen LogP contribution is -2.10. The van der Waals surface area contributed by atoms with Crippen LogP contribution in [0, 0.1) is 5.92 Å². The molecule has 0 bridgehead atoms. The molecule has 1 fully saturated rings. The maximum absolute atomic E-state index is 11.5. The van der Waals surface area contributed by atoms with Crippen molar-refractivity contribution in [1.29, 1.82) is 0 Å². The molecule has 1 aliphatic rings. The van der Waals surface area contributed by atoms with E-state index < -0.39 is 0 Å². The Hall–Kier alpha value is -1.58. The predicted molar refractivity (Wildman–Crippen MR) is 51.7 cm³/mol. The predicted octanol–water partition coefficient (Wildman–Crippen LogP) is 1.23. The van der Waals surface area contributed by atoms with Crippen molar-refractivity contribution in [3.8, 4) is 0 Å². The summed E-state index contributed by atoms with van der Waals surface area (Å²) >= 11 is 0. The molecule has 1 heterocycles. The van der Waals surface area contributed by atoms with Crippen molar-refractivity contribution in [2.75, 3.05) is 12.3 Å². The fourth-order valence-electron chi connectivity index (χ4n) is 1.15. The van der Waals surface area contributed by atoms with Crippen LogP contribution < -0.4 is 5.73 Å². The van der Waals surface area contributed by atoms with Crippen molar-refractivity contribution in [1.82, 2.24) is 4.98 Å². The molecule has 0 aromatic carbocycles. The summed E-state index contributed by atoms with van der Waals surface area (Å²) in [5.41, 5.74) is 6.35. The number of nitrogens with two attached hydrogens (primary N) is 1. The standard InChI is InChI=1S/C10H12N2O2/c11-9-5-12-4-3-8(9)10(13)14-6-7-1-2-7/h3-5,7H,1-2,6,11H2. The molecule has 2 N–H and O–H groups in total. The average molecular weight is 192 g/mol. The van der Waals surface area contributed by atoms with E-state index in [0.717, 1.165) is 0 Å². The smallest absolute Gasteiger partial charge is 0.340 e. The number of aromatic nitrogens is 1. The fraction of sp³-hybridized carbons (Fsp3) is 0.400. The van der Waals surface area contributed by atoms with Crippen LogP contribution in [0.1, 0.15) is 23.2 Å². The van der Waals surface area contributed by atoms with Gasteiger partial charge in [-0.25, -0.2) is 4.79 Å². The number of pyridine rings is 1. The van der Waals surface area contributed by atoms with Crippen molar-refractivity contribution in [3.63, 3.8) is 0 Å². The van der Waals surface area contributed by atoms with Crippen LogP contribution in [0.15, 0.2) is 18.5 Å². The van der Waals surface area contributed by atoms with Gasteiger partial charge in [0.05, 0.1) is 24.1 Å². The van der Waals surface area contributed by atoms with Gasteiger partial charge in [0.15, 0.2) is 0 Å². The number of hydrogen-bond acceptors (Lipinski definition) is 4. The molecule has 14 heavy (non-hydrogen) atoms. The van der Waals surface area contributed by atoms with E-state index in [-0.39, 0.29) is 5.97 Å². The first-order valence-electron chi connectivity index (χ1n) is 4.64. The normalized spacial score (nSPS) is 15.1. The lowest BCUT2D eigenvalue weighted by Gasteiger charge is -2.04. The van der Waals surface area contributed by atoms with E-state index in [0.29, 0.717) is 23.8 Å². The van der Waals surface area contributed by atoms with Gasteiger partial charge in [-0.05, 0) is 24.8 Å². The van der Waals surface area contributed by atoms with Crippen LogP contribution in [0.2, 0.25) is 0 Å². The Balaban J connectivity index is 1.98. The molecule has 0 atom stereocenters. The summed E-state index contributed by atoms with van der Waals surface area (Å²) in [6, 6.07) is 1.57. The number of esters is 1. The van der Waals surface area contributed by atoms with Crippen LogP contribution in [0.3, 0.4) is 0 Å². The summed E-state index contributed by atoms with van der Waals surface area (Å²) in [6.07, 6.45) is 5.32. The highest BCUT2D eigenvalue weighted by molar-refractivity contribution is 5.94. The number of nitrogen functional groups attached to an aromatic ring is 1. The van der Waals surface area contributed by atoms with Gasteiger partial charge in [-0.2, -0.15) is 0 Å². The third-order valence-electron chi connectivity index (χ3n) is 2.22. The second kappa shape index (κ2) is 3.65. The molecular formula is C10H12N2O2. The van der Waals surface area contributed by atoms with Gasteiger partial charge >= 0.3 is 5.97 Å². The zero-order valence-electron chi connectivity index (χ0n) is 7.77. The van der Waals surface area contributed by atoms with Crippen molar-refractivity contribution >= 4 is 11.7 Å². The van der Waals surface area contributed by atoms with Gasteiger partial charge in [-0.1, -0.05) is 0 Å². The van der Waals surface area contributed by atoms with E-state index >= 15 is 0 Å². The van der Waals surface area contributed by atoms with Gasteiger partial charge in [0.1, 0.15) is 0 Å².